The second-order valence-electron chi connectivity index (χ2n) is 6.14. The molecule has 0 atom stereocenters. The molecule has 2 aromatic rings. The standard InChI is InChI=1S/C20H22FNO3/c1-24-10-11-25-19-6-2-15(3-7-19)12-20(23)22-9-8-16-4-5-18(21)13-17(16)14-22/h2-7,13H,8-12,14H2,1H3. The highest BCUT2D eigenvalue weighted by Crippen LogP contribution is 2.21. The molecule has 0 saturated heterocycles. The van der Waals surface area contributed by atoms with Gasteiger partial charge in [0.1, 0.15) is 18.2 Å². The van der Waals surface area contributed by atoms with Crippen molar-refractivity contribution in [3.05, 3.63) is 65.0 Å². The molecule has 4 nitrogen and oxygen atoms in total. The lowest BCUT2D eigenvalue weighted by Gasteiger charge is -2.29. The van der Waals surface area contributed by atoms with E-state index in [4.69, 9.17) is 9.47 Å². The summed E-state index contributed by atoms with van der Waals surface area (Å²) in [5.74, 6) is 0.565. The van der Waals surface area contributed by atoms with Crippen molar-refractivity contribution < 1.29 is 18.7 Å². The number of carbonyl (C=O) groups is 1. The van der Waals surface area contributed by atoms with Crippen molar-refractivity contribution in [2.45, 2.75) is 19.4 Å². The first-order chi connectivity index (χ1) is 12.2. The number of rotatable bonds is 6. The molecule has 1 amide bonds. The molecule has 0 fully saturated rings. The number of ether oxygens (including phenoxy) is 2. The molecule has 132 valence electrons. The molecule has 25 heavy (non-hydrogen) atoms. The zero-order valence-electron chi connectivity index (χ0n) is 14.3. The summed E-state index contributed by atoms with van der Waals surface area (Å²) >= 11 is 0. The van der Waals surface area contributed by atoms with Crippen molar-refractivity contribution in [1.82, 2.24) is 4.90 Å². The van der Waals surface area contributed by atoms with Gasteiger partial charge in [-0.05, 0) is 47.4 Å². The Bertz CT molecular complexity index is 730. The van der Waals surface area contributed by atoms with Gasteiger partial charge in [0.25, 0.3) is 0 Å². The second-order valence-corrected chi connectivity index (χ2v) is 6.14. The molecule has 0 unspecified atom stereocenters. The van der Waals surface area contributed by atoms with E-state index in [-0.39, 0.29) is 11.7 Å². The van der Waals surface area contributed by atoms with Gasteiger partial charge in [-0.2, -0.15) is 0 Å². The minimum Gasteiger partial charge on any atom is -0.491 e. The van der Waals surface area contributed by atoms with Crippen LogP contribution >= 0.6 is 0 Å². The fourth-order valence-corrected chi connectivity index (χ4v) is 2.97. The van der Waals surface area contributed by atoms with Crippen LogP contribution in [0.15, 0.2) is 42.5 Å². The van der Waals surface area contributed by atoms with E-state index in [1.54, 1.807) is 12.0 Å². The molecule has 1 aliphatic rings. The van der Waals surface area contributed by atoms with Crippen molar-refractivity contribution in [2.75, 3.05) is 26.9 Å². The van der Waals surface area contributed by atoms with Crippen LogP contribution in [0.4, 0.5) is 4.39 Å². The van der Waals surface area contributed by atoms with Crippen molar-refractivity contribution in [3.8, 4) is 5.75 Å². The van der Waals surface area contributed by atoms with Gasteiger partial charge in [0.15, 0.2) is 0 Å². The Kier molecular flexibility index (Phi) is 5.66. The first-order valence-corrected chi connectivity index (χ1v) is 8.41. The van der Waals surface area contributed by atoms with Gasteiger partial charge in [0.2, 0.25) is 5.91 Å². The van der Waals surface area contributed by atoms with Crippen LogP contribution in [0.3, 0.4) is 0 Å². The van der Waals surface area contributed by atoms with E-state index in [0.29, 0.717) is 32.7 Å². The summed E-state index contributed by atoms with van der Waals surface area (Å²) in [6, 6.07) is 12.3. The predicted octanol–water partition coefficient (Wildman–Crippen LogP) is 2.98. The number of nitrogens with zero attached hydrogens (tertiary/aromatic N) is 1. The Labute approximate surface area is 147 Å². The van der Waals surface area contributed by atoms with Gasteiger partial charge in [0, 0.05) is 20.2 Å². The van der Waals surface area contributed by atoms with Crippen molar-refractivity contribution in [2.24, 2.45) is 0 Å². The van der Waals surface area contributed by atoms with E-state index >= 15 is 0 Å². The summed E-state index contributed by atoms with van der Waals surface area (Å²) < 4.78 is 23.9. The highest BCUT2D eigenvalue weighted by Gasteiger charge is 2.21. The molecular formula is C20H22FNO3. The predicted molar refractivity (Wildman–Crippen MR) is 93.0 cm³/mol. The van der Waals surface area contributed by atoms with E-state index in [1.807, 2.05) is 30.3 Å². The molecular weight excluding hydrogens is 321 g/mol. The van der Waals surface area contributed by atoms with Crippen LogP contribution in [0, 0.1) is 5.82 Å². The van der Waals surface area contributed by atoms with Gasteiger partial charge in [-0.15, -0.1) is 0 Å². The summed E-state index contributed by atoms with van der Waals surface area (Å²) in [4.78, 5) is 14.3. The third-order valence-corrected chi connectivity index (χ3v) is 4.37. The third kappa shape index (κ3) is 4.57. The number of amides is 1. The molecule has 0 saturated carbocycles. The maximum atomic E-state index is 13.4. The fraction of sp³-hybridized carbons (Fsp3) is 0.350. The minimum absolute atomic E-state index is 0.0583. The maximum Gasteiger partial charge on any atom is 0.227 e. The zero-order valence-corrected chi connectivity index (χ0v) is 14.3. The number of halogens is 1. The zero-order chi connectivity index (χ0) is 17.6. The first-order valence-electron chi connectivity index (χ1n) is 8.41. The lowest BCUT2D eigenvalue weighted by atomic mass is 9.99. The Hall–Kier alpha value is -2.40. The quantitative estimate of drug-likeness (QED) is 0.757. The lowest BCUT2D eigenvalue weighted by Crippen LogP contribution is -2.36. The van der Waals surface area contributed by atoms with E-state index in [1.165, 1.54) is 12.1 Å². The number of hydrogen-bond acceptors (Lipinski definition) is 3. The van der Waals surface area contributed by atoms with Gasteiger partial charge in [0.05, 0.1) is 13.0 Å². The molecule has 0 N–H and O–H groups in total. The SMILES string of the molecule is COCCOc1ccc(CC(=O)N2CCc3ccc(F)cc3C2)cc1. The van der Waals surface area contributed by atoms with Gasteiger partial charge < -0.3 is 14.4 Å². The summed E-state index contributed by atoms with van der Waals surface area (Å²) in [6.07, 6.45) is 1.11. The van der Waals surface area contributed by atoms with Gasteiger partial charge >= 0.3 is 0 Å². The monoisotopic (exact) mass is 343 g/mol. The number of carbonyl (C=O) groups excluding carboxylic acids is 1. The molecule has 0 aromatic heterocycles. The van der Waals surface area contributed by atoms with Crippen molar-refractivity contribution >= 4 is 5.91 Å². The number of benzene rings is 2. The van der Waals surface area contributed by atoms with Crippen LogP contribution in [0.1, 0.15) is 16.7 Å². The molecule has 0 bridgehead atoms. The minimum atomic E-state index is -0.253. The van der Waals surface area contributed by atoms with Gasteiger partial charge in [-0.3, -0.25) is 4.79 Å². The highest BCUT2D eigenvalue weighted by atomic mass is 19.1. The smallest absolute Gasteiger partial charge is 0.227 e. The third-order valence-electron chi connectivity index (χ3n) is 4.37. The van der Waals surface area contributed by atoms with Gasteiger partial charge in [-0.1, -0.05) is 18.2 Å². The van der Waals surface area contributed by atoms with E-state index in [9.17, 15) is 9.18 Å². The lowest BCUT2D eigenvalue weighted by molar-refractivity contribution is -0.131. The Morgan fingerprint density at radius 1 is 1.12 bits per heavy atom. The van der Waals surface area contributed by atoms with Crippen molar-refractivity contribution in [3.63, 3.8) is 0 Å². The average Bonchev–Trinajstić information content (AvgIpc) is 2.62. The highest BCUT2D eigenvalue weighted by molar-refractivity contribution is 5.79. The Morgan fingerprint density at radius 2 is 1.92 bits per heavy atom. The first kappa shape index (κ1) is 17.4. The maximum absolute atomic E-state index is 13.4. The molecule has 1 aliphatic heterocycles. The summed E-state index contributed by atoms with van der Waals surface area (Å²) in [7, 11) is 1.63. The molecule has 1 heterocycles. The van der Waals surface area contributed by atoms with Crippen LogP contribution in [0.5, 0.6) is 5.75 Å². The topological polar surface area (TPSA) is 38.8 Å². The molecule has 3 rings (SSSR count). The largest absolute Gasteiger partial charge is 0.491 e. The van der Waals surface area contributed by atoms with Gasteiger partial charge in [-0.25, -0.2) is 4.39 Å². The second kappa shape index (κ2) is 8.12. The normalized spacial score (nSPS) is 13.4. The number of hydrogen-bond donors (Lipinski definition) is 0. The van der Waals surface area contributed by atoms with Crippen LogP contribution in [-0.4, -0.2) is 37.7 Å². The van der Waals surface area contributed by atoms with E-state index in [0.717, 1.165) is 28.9 Å². The van der Waals surface area contributed by atoms with Crippen LogP contribution in [0.2, 0.25) is 0 Å². The number of fused-ring (bicyclic) bond motifs is 1. The van der Waals surface area contributed by atoms with Crippen LogP contribution < -0.4 is 4.74 Å². The molecule has 0 aliphatic carbocycles. The molecule has 2 aromatic carbocycles. The Balaban J connectivity index is 1.57. The van der Waals surface area contributed by atoms with E-state index < -0.39 is 0 Å². The number of methoxy groups -OCH3 is 1. The molecule has 0 radical (unpaired) electrons. The Morgan fingerprint density at radius 3 is 2.68 bits per heavy atom. The molecule has 0 spiro atoms. The fourth-order valence-electron chi connectivity index (χ4n) is 2.97. The van der Waals surface area contributed by atoms with E-state index in [2.05, 4.69) is 0 Å². The average molecular weight is 343 g/mol. The summed E-state index contributed by atoms with van der Waals surface area (Å²) in [5, 5.41) is 0. The molecule has 5 heteroatoms. The van der Waals surface area contributed by atoms with Crippen LogP contribution in [0.25, 0.3) is 0 Å². The summed E-state index contributed by atoms with van der Waals surface area (Å²) in [6.45, 7) is 2.19. The van der Waals surface area contributed by atoms with Crippen molar-refractivity contribution in [1.29, 1.82) is 0 Å². The van der Waals surface area contributed by atoms with Crippen LogP contribution in [-0.2, 0) is 28.9 Å². The summed E-state index contributed by atoms with van der Waals surface area (Å²) in [5.41, 5.74) is 2.97.